The average molecular weight is 389 g/mol. The van der Waals surface area contributed by atoms with Crippen molar-refractivity contribution in [3.8, 4) is 5.75 Å². The normalized spacial score (nSPS) is 15.3. The van der Waals surface area contributed by atoms with Gasteiger partial charge in [-0.05, 0) is 24.5 Å². The van der Waals surface area contributed by atoms with Crippen molar-refractivity contribution in [2.24, 2.45) is 5.92 Å². The molecule has 0 aliphatic heterocycles. The summed E-state index contributed by atoms with van der Waals surface area (Å²) in [6.07, 6.45) is -2.31. The summed E-state index contributed by atoms with van der Waals surface area (Å²) in [6, 6.07) is 3.47. The van der Waals surface area contributed by atoms with Gasteiger partial charge < -0.3 is 9.72 Å². The Hall–Kier alpha value is -2.12. The summed E-state index contributed by atoms with van der Waals surface area (Å²) in [4.78, 5) is 14.4. The predicted octanol–water partition coefficient (Wildman–Crippen LogP) is 5.62. The van der Waals surface area contributed by atoms with E-state index >= 15 is 0 Å². The van der Waals surface area contributed by atoms with E-state index in [0.29, 0.717) is 12.3 Å². The zero-order valence-corrected chi connectivity index (χ0v) is 14.8. The Kier molecular flexibility index (Phi) is 5.18. The molecule has 8 heteroatoms. The fraction of sp³-hybridized carbons (Fsp3) is 0.526. The maximum absolute atomic E-state index is 14.7. The molecule has 148 valence electrons. The molecule has 0 atom stereocenters. The number of hydrogen-bond donors (Lipinski definition) is 1. The molecule has 1 aliphatic rings. The third-order valence-electron chi connectivity index (χ3n) is 4.92. The standard InChI is InChI=1S/C19H20F5NO2/c1-27-12-7-8-13-14(10-12)25-17(26)16(15(13)19(22,23)24)18(20,21)9-3-2-4-11-5-6-11/h7-8,10-11H,2-6,9H2,1H3,(H,25,26). The van der Waals surface area contributed by atoms with E-state index in [4.69, 9.17) is 4.74 Å². The van der Waals surface area contributed by atoms with Crippen molar-refractivity contribution in [2.75, 3.05) is 7.11 Å². The second-order valence-corrected chi connectivity index (χ2v) is 7.01. The lowest BCUT2D eigenvalue weighted by molar-refractivity contribution is -0.141. The zero-order valence-electron chi connectivity index (χ0n) is 14.8. The molecule has 1 aliphatic carbocycles. The second-order valence-electron chi connectivity index (χ2n) is 7.01. The van der Waals surface area contributed by atoms with E-state index in [1.165, 1.54) is 19.2 Å². The highest BCUT2D eigenvalue weighted by Crippen LogP contribution is 2.44. The Balaban J connectivity index is 2.04. The van der Waals surface area contributed by atoms with Gasteiger partial charge in [-0.3, -0.25) is 4.79 Å². The minimum absolute atomic E-state index is 0.0703. The van der Waals surface area contributed by atoms with E-state index in [2.05, 4.69) is 4.98 Å². The van der Waals surface area contributed by atoms with Crippen LogP contribution in [0.5, 0.6) is 5.75 Å². The van der Waals surface area contributed by atoms with Crippen LogP contribution in [0.4, 0.5) is 22.0 Å². The third-order valence-corrected chi connectivity index (χ3v) is 4.92. The molecule has 1 aromatic carbocycles. The molecule has 27 heavy (non-hydrogen) atoms. The molecule has 1 heterocycles. The number of aromatic nitrogens is 1. The van der Waals surface area contributed by atoms with Crippen molar-refractivity contribution in [1.29, 1.82) is 0 Å². The van der Waals surface area contributed by atoms with Crippen LogP contribution in [-0.2, 0) is 12.1 Å². The number of ether oxygens (including phenoxy) is 1. The van der Waals surface area contributed by atoms with Gasteiger partial charge >= 0.3 is 6.18 Å². The summed E-state index contributed by atoms with van der Waals surface area (Å²) in [7, 11) is 1.31. The SMILES string of the molecule is COc1ccc2c(C(F)(F)F)c(C(F)(F)CCCCC3CC3)c(=O)[nH]c2c1. The third kappa shape index (κ3) is 4.25. The van der Waals surface area contributed by atoms with Gasteiger partial charge in [0.15, 0.2) is 0 Å². The zero-order chi connectivity index (χ0) is 19.8. The Morgan fingerprint density at radius 2 is 1.81 bits per heavy atom. The Bertz CT molecular complexity index is 884. The first-order valence-electron chi connectivity index (χ1n) is 8.83. The first-order valence-corrected chi connectivity index (χ1v) is 8.83. The highest BCUT2D eigenvalue weighted by Gasteiger charge is 2.46. The van der Waals surface area contributed by atoms with Gasteiger partial charge in [-0.15, -0.1) is 0 Å². The van der Waals surface area contributed by atoms with Crippen LogP contribution in [0.15, 0.2) is 23.0 Å². The highest BCUT2D eigenvalue weighted by atomic mass is 19.4. The fourth-order valence-corrected chi connectivity index (χ4v) is 3.36. The van der Waals surface area contributed by atoms with Crippen LogP contribution in [-0.4, -0.2) is 12.1 Å². The van der Waals surface area contributed by atoms with E-state index in [1.54, 1.807) is 0 Å². The maximum atomic E-state index is 14.7. The van der Waals surface area contributed by atoms with Crippen LogP contribution in [0.3, 0.4) is 0 Å². The Labute approximate surface area is 152 Å². The molecule has 0 amide bonds. The van der Waals surface area contributed by atoms with Crippen LogP contribution < -0.4 is 10.3 Å². The number of H-pyrrole nitrogens is 1. The number of fused-ring (bicyclic) bond motifs is 1. The molecule has 0 saturated heterocycles. The van der Waals surface area contributed by atoms with Gasteiger partial charge in [-0.2, -0.15) is 13.2 Å². The number of alkyl halides is 5. The van der Waals surface area contributed by atoms with Gasteiger partial charge in [-0.1, -0.05) is 25.7 Å². The summed E-state index contributed by atoms with van der Waals surface area (Å²) in [5.41, 5.74) is -4.69. The lowest BCUT2D eigenvalue weighted by atomic mass is 9.94. The van der Waals surface area contributed by atoms with E-state index in [1.807, 2.05) is 0 Å². The number of benzene rings is 1. The van der Waals surface area contributed by atoms with E-state index in [9.17, 15) is 26.7 Å². The van der Waals surface area contributed by atoms with E-state index in [-0.39, 0.29) is 17.7 Å². The first kappa shape index (κ1) is 19.6. The second kappa shape index (κ2) is 7.13. The number of methoxy groups -OCH3 is 1. The topological polar surface area (TPSA) is 42.1 Å². The summed E-state index contributed by atoms with van der Waals surface area (Å²) in [6.45, 7) is 0. The van der Waals surface area contributed by atoms with Crippen molar-refractivity contribution in [1.82, 2.24) is 4.98 Å². The van der Waals surface area contributed by atoms with Gasteiger partial charge in [0.05, 0.1) is 23.8 Å². The van der Waals surface area contributed by atoms with Crippen LogP contribution >= 0.6 is 0 Å². The number of hydrogen-bond acceptors (Lipinski definition) is 2. The van der Waals surface area contributed by atoms with Crippen LogP contribution in [0.1, 0.15) is 49.7 Å². The van der Waals surface area contributed by atoms with E-state index in [0.717, 1.165) is 25.3 Å². The van der Waals surface area contributed by atoms with Crippen LogP contribution in [0, 0.1) is 5.92 Å². The molecule has 3 nitrogen and oxygen atoms in total. The maximum Gasteiger partial charge on any atom is 0.417 e. The number of halogens is 5. The average Bonchev–Trinajstić information content (AvgIpc) is 3.40. The highest BCUT2D eigenvalue weighted by molar-refractivity contribution is 5.85. The van der Waals surface area contributed by atoms with Gasteiger partial charge in [0.1, 0.15) is 5.75 Å². The summed E-state index contributed by atoms with van der Waals surface area (Å²) < 4.78 is 75.2. The summed E-state index contributed by atoms with van der Waals surface area (Å²) in [5, 5.41) is -0.476. The smallest absolute Gasteiger partial charge is 0.417 e. The molecule has 1 fully saturated rings. The Morgan fingerprint density at radius 1 is 1.11 bits per heavy atom. The van der Waals surface area contributed by atoms with Gasteiger partial charge in [0.2, 0.25) is 0 Å². The minimum atomic E-state index is -5.09. The molecule has 3 rings (SSSR count). The molecule has 1 N–H and O–H groups in total. The molecule has 0 bridgehead atoms. The number of aromatic amines is 1. The summed E-state index contributed by atoms with van der Waals surface area (Å²) in [5.74, 6) is -3.09. The molecular weight excluding hydrogens is 369 g/mol. The quantitative estimate of drug-likeness (QED) is 0.493. The Morgan fingerprint density at radius 3 is 2.41 bits per heavy atom. The van der Waals surface area contributed by atoms with Crippen molar-refractivity contribution in [2.45, 2.75) is 50.6 Å². The predicted molar refractivity (Wildman–Crippen MR) is 91.2 cm³/mol. The molecule has 0 radical (unpaired) electrons. The molecule has 2 aromatic rings. The lowest BCUT2D eigenvalue weighted by Gasteiger charge is -2.22. The number of rotatable bonds is 7. The molecule has 0 spiro atoms. The molecular formula is C19H20F5NO2. The molecule has 1 saturated carbocycles. The van der Waals surface area contributed by atoms with Crippen molar-refractivity contribution >= 4 is 10.9 Å². The van der Waals surface area contributed by atoms with Crippen LogP contribution in [0.2, 0.25) is 0 Å². The minimum Gasteiger partial charge on any atom is -0.497 e. The van der Waals surface area contributed by atoms with Crippen molar-refractivity contribution in [3.63, 3.8) is 0 Å². The van der Waals surface area contributed by atoms with Crippen LogP contribution in [0.25, 0.3) is 10.9 Å². The number of pyridine rings is 1. The van der Waals surface area contributed by atoms with E-state index < -0.39 is 40.6 Å². The number of unbranched alkanes of at least 4 members (excludes halogenated alkanes) is 1. The van der Waals surface area contributed by atoms with Gasteiger partial charge in [-0.25, -0.2) is 8.78 Å². The van der Waals surface area contributed by atoms with Gasteiger partial charge in [0.25, 0.3) is 11.5 Å². The first-order chi connectivity index (χ1) is 12.6. The van der Waals surface area contributed by atoms with Crippen molar-refractivity contribution < 1.29 is 26.7 Å². The molecule has 1 aromatic heterocycles. The molecule has 0 unspecified atom stereocenters. The monoisotopic (exact) mass is 389 g/mol. The largest absolute Gasteiger partial charge is 0.497 e. The van der Waals surface area contributed by atoms with Gasteiger partial charge in [0, 0.05) is 17.9 Å². The number of nitrogens with one attached hydrogen (secondary N) is 1. The van der Waals surface area contributed by atoms with Crippen molar-refractivity contribution in [3.05, 3.63) is 39.7 Å². The fourth-order valence-electron chi connectivity index (χ4n) is 3.36. The summed E-state index contributed by atoms with van der Waals surface area (Å²) >= 11 is 0. The lowest BCUT2D eigenvalue weighted by Crippen LogP contribution is -2.30.